The first-order valence-electron chi connectivity index (χ1n) is 10.8. The Morgan fingerprint density at radius 2 is 1.91 bits per heavy atom. The summed E-state index contributed by atoms with van der Waals surface area (Å²) in [5.41, 5.74) is 4.65. The van der Waals surface area contributed by atoms with E-state index in [9.17, 15) is 4.79 Å². The van der Waals surface area contributed by atoms with Gasteiger partial charge in [0.2, 0.25) is 12.7 Å². The van der Waals surface area contributed by atoms with Crippen molar-refractivity contribution in [2.45, 2.75) is 33.2 Å². The summed E-state index contributed by atoms with van der Waals surface area (Å²) in [5, 5.41) is 19.3. The quantitative estimate of drug-likeness (QED) is 0.448. The summed E-state index contributed by atoms with van der Waals surface area (Å²) in [6.45, 7) is 4.80. The van der Waals surface area contributed by atoms with Crippen LogP contribution in [0, 0.1) is 13.8 Å². The summed E-state index contributed by atoms with van der Waals surface area (Å²) in [7, 11) is 0. The van der Waals surface area contributed by atoms with Gasteiger partial charge in [0.25, 0.3) is 0 Å². The lowest BCUT2D eigenvalue weighted by atomic mass is 10.1. The van der Waals surface area contributed by atoms with Gasteiger partial charge < -0.3 is 20.1 Å². The van der Waals surface area contributed by atoms with Crippen LogP contribution in [-0.2, 0) is 17.8 Å². The molecule has 0 fully saturated rings. The molecule has 4 aromatic rings. The Morgan fingerprint density at radius 1 is 1.03 bits per heavy atom. The van der Waals surface area contributed by atoms with Gasteiger partial charge in [-0.05, 0) is 60.9 Å². The topological polar surface area (TPSA) is 103 Å². The number of hydrogen-bond donors (Lipinski definition) is 2. The number of ether oxygens (including phenoxy) is 2. The van der Waals surface area contributed by atoms with Gasteiger partial charge in [0.05, 0.1) is 0 Å². The zero-order valence-electron chi connectivity index (χ0n) is 18.5. The predicted octanol–water partition coefficient (Wildman–Crippen LogP) is 3.65. The molecule has 0 saturated heterocycles. The number of carbonyl (C=O) groups is 1. The van der Waals surface area contributed by atoms with Crippen molar-refractivity contribution in [3.05, 3.63) is 71.0 Å². The molecular formula is C24H24N6O3. The molecule has 2 aromatic carbocycles. The van der Waals surface area contributed by atoms with Crippen LogP contribution in [0.3, 0.4) is 0 Å². The summed E-state index contributed by atoms with van der Waals surface area (Å²) < 4.78 is 12.5. The number of nitrogens with one attached hydrogen (secondary N) is 2. The van der Waals surface area contributed by atoms with E-state index in [1.165, 1.54) is 0 Å². The number of rotatable bonds is 7. The second-order valence-electron chi connectivity index (χ2n) is 8.01. The summed E-state index contributed by atoms with van der Waals surface area (Å²) in [4.78, 5) is 12.5. The smallest absolute Gasteiger partial charge is 0.231 e. The van der Waals surface area contributed by atoms with Gasteiger partial charge in [0.15, 0.2) is 23.0 Å². The number of carbonyl (C=O) groups excluding carboxylic acids is 1. The predicted molar refractivity (Wildman–Crippen MR) is 124 cm³/mol. The molecule has 0 aliphatic carbocycles. The van der Waals surface area contributed by atoms with E-state index in [2.05, 4.69) is 25.9 Å². The highest BCUT2D eigenvalue weighted by Gasteiger charge is 2.14. The van der Waals surface area contributed by atoms with Crippen LogP contribution < -0.4 is 20.1 Å². The van der Waals surface area contributed by atoms with Crippen molar-refractivity contribution < 1.29 is 14.3 Å². The Labute approximate surface area is 190 Å². The van der Waals surface area contributed by atoms with Gasteiger partial charge in [0.1, 0.15) is 5.82 Å². The maximum absolute atomic E-state index is 12.5. The van der Waals surface area contributed by atoms with Crippen LogP contribution in [0.5, 0.6) is 11.5 Å². The first-order chi connectivity index (χ1) is 16.0. The fraction of sp³-hybridized carbons (Fsp3) is 0.250. The fourth-order valence-electron chi connectivity index (χ4n) is 3.64. The van der Waals surface area contributed by atoms with E-state index in [-0.39, 0.29) is 19.1 Å². The van der Waals surface area contributed by atoms with Gasteiger partial charge >= 0.3 is 0 Å². The van der Waals surface area contributed by atoms with Crippen molar-refractivity contribution >= 4 is 23.1 Å². The number of fused-ring (bicyclic) bond motifs is 2. The number of aryl methyl sites for hydroxylation is 3. The van der Waals surface area contributed by atoms with E-state index in [1.54, 1.807) is 4.52 Å². The first kappa shape index (κ1) is 20.7. The molecule has 1 amide bonds. The summed E-state index contributed by atoms with van der Waals surface area (Å²) in [6.07, 6.45) is 0.710. The monoisotopic (exact) mass is 444 g/mol. The van der Waals surface area contributed by atoms with Crippen LogP contribution in [0.15, 0.2) is 48.5 Å². The maximum atomic E-state index is 12.5. The van der Waals surface area contributed by atoms with Gasteiger partial charge in [-0.2, -0.15) is 4.52 Å². The van der Waals surface area contributed by atoms with E-state index in [1.807, 2.05) is 62.4 Å². The molecule has 9 nitrogen and oxygen atoms in total. The molecule has 0 saturated carbocycles. The van der Waals surface area contributed by atoms with Gasteiger partial charge in [0, 0.05) is 25.1 Å². The van der Waals surface area contributed by atoms with Gasteiger partial charge in [-0.15, -0.1) is 15.3 Å². The van der Waals surface area contributed by atoms with Gasteiger partial charge in [-0.3, -0.25) is 4.79 Å². The lowest BCUT2D eigenvalue weighted by Gasteiger charge is -2.09. The summed E-state index contributed by atoms with van der Waals surface area (Å²) in [5.74, 6) is 2.75. The Bertz CT molecular complexity index is 1330. The van der Waals surface area contributed by atoms with Crippen molar-refractivity contribution in [2.75, 3.05) is 17.4 Å². The van der Waals surface area contributed by atoms with Crippen molar-refractivity contribution in [2.24, 2.45) is 0 Å². The highest BCUT2D eigenvalue weighted by molar-refractivity contribution is 5.91. The normalized spacial score (nSPS) is 12.2. The third-order valence-electron chi connectivity index (χ3n) is 5.48. The van der Waals surface area contributed by atoms with Gasteiger partial charge in [-0.1, -0.05) is 18.2 Å². The number of nitrogens with zero attached hydrogens (tertiary/aromatic N) is 4. The number of anilines is 2. The second kappa shape index (κ2) is 8.78. The van der Waals surface area contributed by atoms with Crippen LogP contribution in [0.25, 0.3) is 5.65 Å². The van der Waals surface area contributed by atoms with Crippen LogP contribution in [0.4, 0.5) is 11.5 Å². The minimum Gasteiger partial charge on any atom is -0.454 e. The molecular weight excluding hydrogens is 420 g/mol. The Morgan fingerprint density at radius 3 is 2.82 bits per heavy atom. The van der Waals surface area contributed by atoms with Crippen molar-refractivity contribution in [1.82, 2.24) is 19.8 Å². The van der Waals surface area contributed by atoms with Crippen LogP contribution in [-0.4, -0.2) is 32.5 Å². The Hall–Kier alpha value is -4.14. The van der Waals surface area contributed by atoms with Crippen molar-refractivity contribution in [1.29, 1.82) is 0 Å². The minimum atomic E-state index is -0.0717. The first-order valence-corrected chi connectivity index (χ1v) is 10.8. The highest BCUT2D eigenvalue weighted by atomic mass is 16.7. The Kier molecular flexibility index (Phi) is 5.52. The van der Waals surface area contributed by atoms with Crippen LogP contribution in [0.2, 0.25) is 0 Å². The molecule has 0 spiro atoms. The van der Waals surface area contributed by atoms with E-state index >= 15 is 0 Å². The number of aromatic nitrogens is 4. The number of benzene rings is 2. The molecule has 168 valence electrons. The number of hydrogen-bond acceptors (Lipinski definition) is 7. The van der Waals surface area contributed by atoms with E-state index < -0.39 is 0 Å². The fourth-order valence-corrected chi connectivity index (χ4v) is 3.64. The molecule has 5 rings (SSSR count). The molecule has 9 heteroatoms. The van der Waals surface area contributed by atoms with E-state index in [0.717, 1.165) is 33.9 Å². The SMILES string of the molecule is Cc1ccc(C)c(NC(=O)CCc2nnc3ccc(NCc4ccc5c(c4)OCO5)nn23)c1. The molecule has 0 bridgehead atoms. The zero-order valence-corrected chi connectivity index (χ0v) is 18.5. The molecule has 1 aliphatic heterocycles. The lowest BCUT2D eigenvalue weighted by Crippen LogP contribution is -2.14. The second-order valence-corrected chi connectivity index (χ2v) is 8.01. The molecule has 2 aromatic heterocycles. The van der Waals surface area contributed by atoms with E-state index in [4.69, 9.17) is 9.47 Å². The summed E-state index contributed by atoms with van der Waals surface area (Å²) in [6, 6.07) is 15.5. The lowest BCUT2D eigenvalue weighted by molar-refractivity contribution is -0.116. The zero-order chi connectivity index (χ0) is 22.8. The third kappa shape index (κ3) is 4.57. The van der Waals surface area contributed by atoms with Crippen LogP contribution in [0.1, 0.15) is 28.9 Å². The van der Waals surface area contributed by atoms with E-state index in [0.29, 0.717) is 30.3 Å². The van der Waals surface area contributed by atoms with Crippen molar-refractivity contribution in [3.63, 3.8) is 0 Å². The molecule has 33 heavy (non-hydrogen) atoms. The maximum Gasteiger partial charge on any atom is 0.231 e. The van der Waals surface area contributed by atoms with Crippen molar-refractivity contribution in [3.8, 4) is 11.5 Å². The Balaban J connectivity index is 1.23. The average Bonchev–Trinajstić information content (AvgIpc) is 3.45. The summed E-state index contributed by atoms with van der Waals surface area (Å²) >= 11 is 0. The minimum absolute atomic E-state index is 0.0717. The molecule has 0 radical (unpaired) electrons. The number of amides is 1. The van der Waals surface area contributed by atoms with Gasteiger partial charge in [-0.25, -0.2) is 0 Å². The molecule has 0 atom stereocenters. The largest absolute Gasteiger partial charge is 0.454 e. The van der Waals surface area contributed by atoms with Crippen LogP contribution >= 0.6 is 0 Å². The standard InChI is InChI=1S/C24H24N6O3/c1-15-3-4-16(2)18(11-15)26-24(31)10-9-23-28-27-22-8-7-21(29-30(22)23)25-13-17-5-6-19-20(12-17)33-14-32-19/h3-8,11-12H,9-10,13-14H2,1-2H3,(H,25,29)(H,26,31). The molecule has 1 aliphatic rings. The third-order valence-corrected chi connectivity index (χ3v) is 5.48. The highest BCUT2D eigenvalue weighted by Crippen LogP contribution is 2.32. The molecule has 0 unspecified atom stereocenters. The average molecular weight is 444 g/mol. The molecule has 2 N–H and O–H groups in total. The molecule has 3 heterocycles.